The summed E-state index contributed by atoms with van der Waals surface area (Å²) in [4.78, 5) is 15.9. The minimum Gasteiger partial charge on any atom is -0.232 e. The van der Waals surface area contributed by atoms with Crippen molar-refractivity contribution in [2.45, 2.75) is 81.1 Å². The Labute approximate surface area is 303 Å². The molecular weight excluding hydrogens is 775 g/mol. The molecule has 1 fully saturated rings. The van der Waals surface area contributed by atoms with Crippen LogP contribution in [-0.2, 0) is 38.4 Å². The number of hydrogen-bond acceptors (Lipinski definition) is 9. The van der Waals surface area contributed by atoms with Crippen molar-refractivity contribution in [3.63, 3.8) is 0 Å². The molecule has 0 aliphatic carbocycles. The zero-order chi connectivity index (χ0) is 39.0. The SMILES string of the molecule is CCSc1cc2c([n+](C)c1)N=C(C=C1N=C3N4C(=N1)n1c(C)cc(C)[n+]1C4(N1S(=O)(=O)C(F)(F)C(F)(F)C(F)(F)S1(=O)=O)[n+]1c(C)cc(C)n13)C2(C)C. The number of fused-ring (bicyclic) bond motifs is 7. The normalized spacial score (nSPS) is 24.2. The zero-order valence-electron chi connectivity index (χ0n) is 29.2. The smallest absolute Gasteiger partial charge is 0.232 e. The summed E-state index contributed by atoms with van der Waals surface area (Å²) < 4.78 is 152. The first-order valence-corrected chi connectivity index (χ1v) is 19.8. The zero-order valence-corrected chi connectivity index (χ0v) is 31.6. The fourth-order valence-electron chi connectivity index (χ4n) is 7.68. The summed E-state index contributed by atoms with van der Waals surface area (Å²) in [7, 11) is -12.6. The number of aliphatic imine (C=N–C) groups is 3. The maximum absolute atomic E-state index is 15.5. The Morgan fingerprint density at radius 2 is 1.30 bits per heavy atom. The summed E-state index contributed by atoms with van der Waals surface area (Å²) >= 11 is 1.64. The molecule has 0 N–H and O–H groups in total. The van der Waals surface area contributed by atoms with E-state index in [0.717, 1.165) is 39.8 Å². The molecule has 282 valence electrons. The van der Waals surface area contributed by atoms with Gasteiger partial charge >= 0.3 is 48.2 Å². The number of aromatic nitrogens is 5. The molecule has 0 spiro atoms. The van der Waals surface area contributed by atoms with Crippen LogP contribution in [0, 0.1) is 27.7 Å². The third-order valence-electron chi connectivity index (χ3n) is 10.0. The van der Waals surface area contributed by atoms with Crippen molar-refractivity contribution in [1.82, 2.24) is 18.0 Å². The molecule has 3 aromatic rings. The molecule has 1 saturated heterocycles. The predicted molar refractivity (Wildman–Crippen MR) is 176 cm³/mol. The van der Waals surface area contributed by atoms with Crippen LogP contribution in [0.1, 0.15) is 49.1 Å². The van der Waals surface area contributed by atoms with Crippen molar-refractivity contribution in [3.05, 3.63) is 64.6 Å². The molecule has 0 unspecified atom stereocenters. The van der Waals surface area contributed by atoms with E-state index in [4.69, 9.17) is 4.99 Å². The maximum atomic E-state index is 15.5. The molecule has 14 nitrogen and oxygen atoms in total. The summed E-state index contributed by atoms with van der Waals surface area (Å²) in [5, 5.41) is -13.2. The quantitative estimate of drug-likeness (QED) is 0.227. The average Bonchev–Trinajstić information content (AvgIpc) is 3.76. The molecule has 5 aliphatic rings. The van der Waals surface area contributed by atoms with E-state index in [2.05, 4.69) is 9.98 Å². The Morgan fingerprint density at radius 1 is 0.811 bits per heavy atom. The molecule has 0 bridgehead atoms. The largest absolute Gasteiger partial charge is 0.601 e. The first-order chi connectivity index (χ1) is 24.3. The molecule has 5 aliphatic heterocycles. The van der Waals surface area contributed by atoms with E-state index in [1.165, 1.54) is 39.8 Å². The number of thioether (sulfide) groups is 1. The van der Waals surface area contributed by atoms with Gasteiger partial charge in [0, 0.05) is 46.3 Å². The molecule has 0 radical (unpaired) electrons. The number of alkyl halides is 6. The third kappa shape index (κ3) is 3.80. The molecule has 0 amide bonds. The number of sulfonamides is 2. The third-order valence-corrected chi connectivity index (χ3v) is 15.2. The Morgan fingerprint density at radius 3 is 1.77 bits per heavy atom. The lowest BCUT2D eigenvalue weighted by molar-refractivity contribution is -1.06. The maximum Gasteiger partial charge on any atom is 0.601 e. The minimum atomic E-state index is -7.23. The summed E-state index contributed by atoms with van der Waals surface area (Å²) in [6.07, 6.45) is 3.49. The lowest BCUT2D eigenvalue weighted by Crippen LogP contribution is -2.89. The van der Waals surface area contributed by atoms with E-state index in [-0.39, 0.29) is 40.5 Å². The van der Waals surface area contributed by atoms with Gasteiger partial charge in [-0.1, -0.05) is 16.3 Å². The number of halogens is 6. The Bertz CT molecular complexity index is 2490. The van der Waals surface area contributed by atoms with Crippen molar-refractivity contribution >= 4 is 55.3 Å². The van der Waals surface area contributed by atoms with Gasteiger partial charge in [-0.05, 0) is 44.5 Å². The molecule has 23 heteroatoms. The van der Waals surface area contributed by atoms with Crippen molar-refractivity contribution in [2.24, 2.45) is 22.0 Å². The fraction of sp³-hybridized carbons (Fsp3) is 0.467. The highest BCUT2D eigenvalue weighted by molar-refractivity contribution is 8.05. The van der Waals surface area contributed by atoms with Crippen LogP contribution in [0.15, 0.2) is 56.2 Å². The second-order valence-corrected chi connectivity index (χ2v) is 19.0. The van der Waals surface area contributed by atoms with Gasteiger partial charge in [0.15, 0.2) is 11.5 Å². The summed E-state index contributed by atoms with van der Waals surface area (Å²) in [5.41, 5.74) is 1.04. The van der Waals surface area contributed by atoms with Gasteiger partial charge in [0.05, 0.1) is 33.1 Å². The number of nitrogens with zero attached hydrogens (tertiary/aromatic N) is 10. The van der Waals surface area contributed by atoms with Crippen LogP contribution in [-0.4, -0.2) is 74.6 Å². The molecule has 8 rings (SSSR count). The molecule has 0 aromatic carbocycles. The number of allylic oxidation sites excluding steroid dienone is 1. The van der Waals surface area contributed by atoms with Gasteiger partial charge in [-0.15, -0.1) is 16.7 Å². The van der Waals surface area contributed by atoms with Crippen molar-refractivity contribution in [3.8, 4) is 0 Å². The molecule has 3 aromatic heterocycles. The predicted octanol–water partition coefficient (Wildman–Crippen LogP) is 2.60. The molecule has 8 heterocycles. The number of aryl methyl sites for hydroxylation is 5. The van der Waals surface area contributed by atoms with Gasteiger partial charge < -0.3 is 0 Å². The van der Waals surface area contributed by atoms with Crippen molar-refractivity contribution in [1.29, 1.82) is 0 Å². The second-order valence-electron chi connectivity index (χ2n) is 13.8. The molecule has 0 atom stereocenters. The standard InChI is InChI=1S/C30H31F6N10O4S3/c1-9-51-19-12-20-23(40(8)14-19)37-21(26(20,6)7)13-22-38-24-41-25(39-22)43-16(3)11-18(5)45(43)30(41,44-17(4)10-15(2)42(24)44)46-52(47,48)28(33,34)27(31,32)29(35,36)53(46,49)50/h10-14H,9H2,1-8H3/q+3. The van der Waals surface area contributed by atoms with Crippen LogP contribution in [0.5, 0.6) is 0 Å². The lowest BCUT2D eigenvalue weighted by Gasteiger charge is -2.41. The van der Waals surface area contributed by atoms with E-state index < -0.39 is 51.5 Å². The van der Waals surface area contributed by atoms with Crippen LogP contribution >= 0.6 is 11.8 Å². The molecule has 53 heavy (non-hydrogen) atoms. The minimum absolute atomic E-state index is 0.0388. The van der Waals surface area contributed by atoms with E-state index in [1.807, 2.05) is 44.6 Å². The Balaban J connectivity index is 1.44. The van der Waals surface area contributed by atoms with E-state index in [1.54, 1.807) is 17.8 Å². The number of hydrogen-bond donors (Lipinski definition) is 0. The highest BCUT2D eigenvalue weighted by Crippen LogP contribution is 2.59. The Kier molecular flexibility index (Phi) is 6.88. The monoisotopic (exact) mass is 805 g/mol. The van der Waals surface area contributed by atoms with Gasteiger partial charge in [0.1, 0.15) is 6.20 Å². The summed E-state index contributed by atoms with van der Waals surface area (Å²) in [6, 6.07) is 4.82. The van der Waals surface area contributed by atoms with E-state index in [9.17, 15) is 25.6 Å². The summed E-state index contributed by atoms with van der Waals surface area (Å²) in [6.45, 7) is 11.5. The molecule has 0 saturated carbocycles. The van der Waals surface area contributed by atoms with Gasteiger partial charge in [-0.2, -0.15) is 36.3 Å². The van der Waals surface area contributed by atoms with Gasteiger partial charge in [-0.25, -0.2) is 21.4 Å². The average molecular weight is 806 g/mol. The van der Waals surface area contributed by atoms with Gasteiger partial charge in [-0.3, -0.25) is 0 Å². The highest BCUT2D eigenvalue weighted by atomic mass is 32.3. The van der Waals surface area contributed by atoms with Crippen LogP contribution in [0.4, 0.5) is 32.2 Å². The van der Waals surface area contributed by atoms with Gasteiger partial charge in [0.2, 0.25) is 11.4 Å². The Hall–Kier alpha value is -4.09. The van der Waals surface area contributed by atoms with Crippen LogP contribution in [0.3, 0.4) is 0 Å². The van der Waals surface area contributed by atoms with Crippen molar-refractivity contribution < 1.29 is 57.1 Å². The molecular formula is C30H31F6N10O4S3+3. The number of pyridine rings is 1. The van der Waals surface area contributed by atoms with E-state index >= 15 is 17.6 Å². The van der Waals surface area contributed by atoms with Crippen molar-refractivity contribution in [2.75, 3.05) is 5.75 Å². The highest BCUT2D eigenvalue weighted by Gasteiger charge is 2.97. The van der Waals surface area contributed by atoms with Crippen LogP contribution in [0.2, 0.25) is 0 Å². The fourth-order valence-corrected chi connectivity index (χ4v) is 12.5. The topological polar surface area (TPSA) is 133 Å². The first-order valence-electron chi connectivity index (χ1n) is 16.0. The van der Waals surface area contributed by atoms with E-state index in [0.29, 0.717) is 11.5 Å². The van der Waals surface area contributed by atoms with Gasteiger partial charge in [0.25, 0.3) is 11.9 Å². The summed E-state index contributed by atoms with van der Waals surface area (Å²) in [5.74, 6) is -9.46. The van der Waals surface area contributed by atoms with Crippen LogP contribution in [0.25, 0.3) is 0 Å². The lowest BCUT2D eigenvalue weighted by atomic mass is 9.82. The first kappa shape index (κ1) is 35.9. The second kappa shape index (κ2) is 10.2. The number of rotatable bonds is 4. The van der Waals surface area contributed by atoms with Crippen LogP contribution < -0.4 is 13.9 Å².